The summed E-state index contributed by atoms with van der Waals surface area (Å²) in [5.74, 6) is -0.478. The van der Waals surface area contributed by atoms with Crippen molar-refractivity contribution in [1.29, 1.82) is 0 Å². The molecule has 2 heterocycles. The lowest BCUT2D eigenvalue weighted by Gasteiger charge is -2.11. The maximum Gasteiger partial charge on any atom is 0.269 e. The Hall–Kier alpha value is -4.20. The van der Waals surface area contributed by atoms with Gasteiger partial charge in [-0.15, -0.1) is 0 Å². The van der Waals surface area contributed by atoms with Crippen LogP contribution in [0.4, 0.5) is 10.1 Å². The Kier molecular flexibility index (Phi) is 6.12. The number of nitrogens with one attached hydrogen (secondary N) is 2. The highest BCUT2D eigenvalue weighted by atomic mass is 19.1. The van der Waals surface area contributed by atoms with Gasteiger partial charge in [0.2, 0.25) is 0 Å². The summed E-state index contributed by atoms with van der Waals surface area (Å²) in [6, 6.07) is 15.8. The molecule has 0 aliphatic carbocycles. The summed E-state index contributed by atoms with van der Waals surface area (Å²) in [4.78, 5) is 15.7. The average Bonchev–Trinajstić information content (AvgIpc) is 3.25. The highest BCUT2D eigenvalue weighted by molar-refractivity contribution is 5.92. The number of aryl methyl sites for hydroxylation is 1. The summed E-state index contributed by atoms with van der Waals surface area (Å²) in [5.41, 5.74) is 3.99. The molecule has 2 N–H and O–H groups in total. The van der Waals surface area contributed by atoms with Crippen LogP contribution in [0.2, 0.25) is 0 Å². The number of nitrogens with zero attached hydrogens (tertiary/aromatic N) is 3. The van der Waals surface area contributed by atoms with Gasteiger partial charge in [0.15, 0.2) is 11.6 Å². The van der Waals surface area contributed by atoms with E-state index < -0.39 is 5.82 Å². The first-order valence-electron chi connectivity index (χ1n) is 9.99. The molecule has 4 aromatic rings. The molecule has 0 aliphatic heterocycles. The number of amides is 1. The van der Waals surface area contributed by atoms with Crippen LogP contribution in [0.25, 0.3) is 11.1 Å². The van der Waals surface area contributed by atoms with E-state index in [1.165, 1.54) is 25.4 Å². The van der Waals surface area contributed by atoms with E-state index >= 15 is 0 Å². The molecule has 1 amide bonds. The standard InChI is InChI=1S/C24H22FN5O2/c1-26-24(31)22-12-20(8-9-27-22)32-23-7-6-19(11-21(23)25)28-13-16-4-3-5-17(10-16)18-14-29-30(2)15-18/h3-12,14-15,28H,13H2,1-2H3,(H,26,31). The second kappa shape index (κ2) is 9.30. The van der Waals surface area contributed by atoms with Gasteiger partial charge in [0, 0.05) is 56.4 Å². The summed E-state index contributed by atoms with van der Waals surface area (Å²) in [6.45, 7) is 0.535. The Morgan fingerprint density at radius 3 is 2.75 bits per heavy atom. The van der Waals surface area contributed by atoms with Crippen molar-refractivity contribution in [1.82, 2.24) is 20.1 Å². The maximum atomic E-state index is 14.6. The zero-order valence-corrected chi connectivity index (χ0v) is 17.7. The largest absolute Gasteiger partial charge is 0.454 e. The van der Waals surface area contributed by atoms with Gasteiger partial charge in [-0.2, -0.15) is 5.10 Å². The Labute approximate surface area is 184 Å². The van der Waals surface area contributed by atoms with Crippen LogP contribution in [0.15, 0.2) is 73.2 Å². The minimum atomic E-state index is -0.516. The topological polar surface area (TPSA) is 81.1 Å². The summed E-state index contributed by atoms with van der Waals surface area (Å²) < 4.78 is 22.0. The fourth-order valence-corrected chi connectivity index (χ4v) is 3.18. The number of hydrogen-bond donors (Lipinski definition) is 2. The third kappa shape index (κ3) is 4.92. The summed E-state index contributed by atoms with van der Waals surface area (Å²) >= 11 is 0. The minimum absolute atomic E-state index is 0.0585. The van der Waals surface area contributed by atoms with Gasteiger partial charge in [0.25, 0.3) is 5.91 Å². The number of rotatable bonds is 7. The van der Waals surface area contributed by atoms with Crippen LogP contribution in [-0.4, -0.2) is 27.7 Å². The minimum Gasteiger partial charge on any atom is -0.454 e. The van der Waals surface area contributed by atoms with Crippen molar-refractivity contribution in [3.8, 4) is 22.6 Å². The summed E-state index contributed by atoms with van der Waals surface area (Å²) in [6.07, 6.45) is 5.22. The van der Waals surface area contributed by atoms with Gasteiger partial charge in [-0.05, 0) is 35.4 Å². The predicted octanol–water partition coefficient (Wildman–Crippen LogP) is 4.39. The summed E-state index contributed by atoms with van der Waals surface area (Å²) in [5, 5.41) is 9.92. The third-order valence-electron chi connectivity index (χ3n) is 4.81. The number of halogens is 1. The molecule has 0 spiro atoms. The van der Waals surface area contributed by atoms with Crippen molar-refractivity contribution in [2.45, 2.75) is 6.54 Å². The highest BCUT2D eigenvalue weighted by Crippen LogP contribution is 2.27. The smallest absolute Gasteiger partial charge is 0.269 e. The zero-order valence-electron chi connectivity index (χ0n) is 17.7. The molecule has 0 aliphatic rings. The van der Waals surface area contributed by atoms with Crippen LogP contribution in [0.1, 0.15) is 16.1 Å². The monoisotopic (exact) mass is 431 g/mol. The SMILES string of the molecule is CNC(=O)c1cc(Oc2ccc(NCc3cccc(-c4cnn(C)c4)c3)cc2F)ccn1. The van der Waals surface area contributed by atoms with Crippen LogP contribution >= 0.6 is 0 Å². The number of carbonyl (C=O) groups is 1. The lowest BCUT2D eigenvalue weighted by molar-refractivity contribution is 0.0958. The van der Waals surface area contributed by atoms with E-state index in [-0.39, 0.29) is 17.4 Å². The van der Waals surface area contributed by atoms with Gasteiger partial charge in [-0.1, -0.05) is 18.2 Å². The van der Waals surface area contributed by atoms with Crippen molar-refractivity contribution in [3.63, 3.8) is 0 Å². The van der Waals surface area contributed by atoms with E-state index in [9.17, 15) is 9.18 Å². The molecule has 7 nitrogen and oxygen atoms in total. The Morgan fingerprint density at radius 1 is 1.12 bits per heavy atom. The fourth-order valence-electron chi connectivity index (χ4n) is 3.18. The lowest BCUT2D eigenvalue weighted by atomic mass is 10.1. The number of anilines is 1. The number of ether oxygens (including phenoxy) is 1. The molecule has 0 atom stereocenters. The van der Waals surface area contributed by atoms with E-state index in [0.717, 1.165) is 16.7 Å². The molecule has 0 fully saturated rings. The molecular formula is C24H22FN5O2. The first-order chi connectivity index (χ1) is 15.5. The summed E-state index contributed by atoms with van der Waals surface area (Å²) in [7, 11) is 3.39. The average molecular weight is 431 g/mol. The van der Waals surface area contributed by atoms with Gasteiger partial charge in [0.05, 0.1) is 6.20 Å². The molecular weight excluding hydrogens is 409 g/mol. The van der Waals surface area contributed by atoms with E-state index in [0.29, 0.717) is 18.0 Å². The van der Waals surface area contributed by atoms with Crippen LogP contribution in [0, 0.1) is 5.82 Å². The fraction of sp³-hybridized carbons (Fsp3) is 0.125. The van der Waals surface area contributed by atoms with E-state index in [1.54, 1.807) is 22.9 Å². The molecule has 4 rings (SSSR count). The first-order valence-corrected chi connectivity index (χ1v) is 9.99. The number of benzene rings is 2. The van der Waals surface area contributed by atoms with Crippen LogP contribution in [0.5, 0.6) is 11.5 Å². The van der Waals surface area contributed by atoms with Crippen molar-refractivity contribution in [2.24, 2.45) is 7.05 Å². The molecule has 32 heavy (non-hydrogen) atoms. The van der Waals surface area contributed by atoms with Crippen LogP contribution in [0.3, 0.4) is 0 Å². The predicted molar refractivity (Wildman–Crippen MR) is 120 cm³/mol. The van der Waals surface area contributed by atoms with Gasteiger partial charge < -0.3 is 15.4 Å². The van der Waals surface area contributed by atoms with Crippen molar-refractivity contribution in [3.05, 3.63) is 90.3 Å². The third-order valence-corrected chi connectivity index (χ3v) is 4.81. The quantitative estimate of drug-likeness (QED) is 0.454. The van der Waals surface area contributed by atoms with Gasteiger partial charge in [0.1, 0.15) is 11.4 Å². The second-order valence-electron chi connectivity index (χ2n) is 7.16. The zero-order chi connectivity index (χ0) is 22.5. The molecule has 2 aromatic carbocycles. The molecule has 0 saturated carbocycles. The molecule has 8 heteroatoms. The number of pyridine rings is 1. The highest BCUT2D eigenvalue weighted by Gasteiger charge is 2.10. The number of hydrogen-bond acceptors (Lipinski definition) is 5. The normalized spacial score (nSPS) is 10.6. The molecule has 0 radical (unpaired) electrons. The Morgan fingerprint density at radius 2 is 2.00 bits per heavy atom. The van der Waals surface area contributed by atoms with Crippen molar-refractivity contribution < 1.29 is 13.9 Å². The first kappa shape index (κ1) is 21.0. The van der Waals surface area contributed by atoms with Crippen molar-refractivity contribution >= 4 is 11.6 Å². The number of aromatic nitrogens is 3. The van der Waals surface area contributed by atoms with E-state index in [4.69, 9.17) is 4.74 Å². The molecule has 162 valence electrons. The Balaban J connectivity index is 1.42. The van der Waals surface area contributed by atoms with Gasteiger partial charge >= 0.3 is 0 Å². The van der Waals surface area contributed by atoms with E-state index in [2.05, 4.69) is 26.8 Å². The lowest BCUT2D eigenvalue weighted by Crippen LogP contribution is -2.18. The van der Waals surface area contributed by atoms with E-state index in [1.807, 2.05) is 37.6 Å². The van der Waals surface area contributed by atoms with Crippen molar-refractivity contribution in [2.75, 3.05) is 12.4 Å². The molecule has 0 bridgehead atoms. The maximum absolute atomic E-state index is 14.6. The Bertz CT molecular complexity index is 1250. The van der Waals surface area contributed by atoms with Crippen LogP contribution < -0.4 is 15.4 Å². The second-order valence-corrected chi connectivity index (χ2v) is 7.16. The van der Waals surface area contributed by atoms with Gasteiger partial charge in [-0.25, -0.2) is 4.39 Å². The molecule has 2 aromatic heterocycles. The molecule has 0 unspecified atom stereocenters. The van der Waals surface area contributed by atoms with Gasteiger partial charge in [-0.3, -0.25) is 14.5 Å². The molecule has 0 saturated heterocycles. The van der Waals surface area contributed by atoms with Crippen LogP contribution in [-0.2, 0) is 13.6 Å². The number of carbonyl (C=O) groups excluding carboxylic acids is 1.